The van der Waals surface area contributed by atoms with Gasteiger partial charge in [0, 0.05) is 17.5 Å². The fourth-order valence-electron chi connectivity index (χ4n) is 2.70. The largest absolute Gasteiger partial charge is 0.449 e. The highest BCUT2D eigenvalue weighted by atomic mass is 35.5. The van der Waals surface area contributed by atoms with Crippen molar-refractivity contribution in [1.82, 2.24) is 5.32 Å². The van der Waals surface area contributed by atoms with Gasteiger partial charge in [0.25, 0.3) is 5.91 Å². The number of aliphatic hydroxyl groups is 1. The van der Waals surface area contributed by atoms with Crippen molar-refractivity contribution in [2.24, 2.45) is 5.41 Å². The number of furan rings is 1. The minimum absolute atomic E-state index is 0.193. The van der Waals surface area contributed by atoms with E-state index in [1.54, 1.807) is 13.0 Å². The van der Waals surface area contributed by atoms with Crippen molar-refractivity contribution < 1.29 is 14.3 Å². The van der Waals surface area contributed by atoms with Crippen LogP contribution in [-0.4, -0.2) is 23.7 Å². The Kier molecular flexibility index (Phi) is 4.83. The van der Waals surface area contributed by atoms with Crippen LogP contribution in [0.4, 0.5) is 0 Å². The molecule has 0 bridgehead atoms. The number of benzene rings is 1. The van der Waals surface area contributed by atoms with Crippen LogP contribution >= 0.6 is 11.6 Å². The van der Waals surface area contributed by atoms with E-state index < -0.39 is 6.10 Å². The maximum Gasteiger partial charge on any atom is 0.287 e. The first-order valence-corrected chi connectivity index (χ1v) is 7.73. The quantitative estimate of drug-likeness (QED) is 0.876. The van der Waals surface area contributed by atoms with Gasteiger partial charge in [-0.2, -0.15) is 0 Å². The van der Waals surface area contributed by atoms with Gasteiger partial charge < -0.3 is 14.8 Å². The molecule has 2 rings (SSSR count). The molecule has 2 aromatic rings. The summed E-state index contributed by atoms with van der Waals surface area (Å²) >= 11 is 6.10. The minimum Gasteiger partial charge on any atom is -0.449 e. The molecular weight excluding hydrogens is 302 g/mol. The Hall–Kier alpha value is -1.52. The number of nitrogens with one attached hydrogen (secondary N) is 1. The molecule has 0 aliphatic rings. The fourth-order valence-corrected chi connectivity index (χ4v) is 2.91. The zero-order chi connectivity index (χ0) is 16.5. The summed E-state index contributed by atoms with van der Waals surface area (Å²) in [6, 6.07) is 5.45. The molecule has 1 heterocycles. The zero-order valence-corrected chi connectivity index (χ0v) is 14.1. The molecule has 2 N–H and O–H groups in total. The number of amides is 1. The third-order valence-electron chi connectivity index (χ3n) is 3.70. The Balaban J connectivity index is 2.17. The molecule has 1 aromatic heterocycles. The summed E-state index contributed by atoms with van der Waals surface area (Å²) < 4.78 is 5.64. The summed E-state index contributed by atoms with van der Waals surface area (Å²) in [5.41, 5.74) is 1.12. The lowest BCUT2D eigenvalue weighted by molar-refractivity contribution is 0.0877. The van der Waals surface area contributed by atoms with Crippen LogP contribution in [0.25, 0.3) is 11.0 Å². The topological polar surface area (TPSA) is 62.5 Å². The van der Waals surface area contributed by atoms with Crippen molar-refractivity contribution >= 4 is 28.5 Å². The van der Waals surface area contributed by atoms with E-state index in [0.29, 0.717) is 23.6 Å². The Morgan fingerprint density at radius 1 is 1.45 bits per heavy atom. The summed E-state index contributed by atoms with van der Waals surface area (Å²) in [5.74, 6) is 0.0272. The number of fused-ring (bicyclic) bond motifs is 1. The average Bonchev–Trinajstić information content (AvgIpc) is 2.74. The van der Waals surface area contributed by atoms with Crippen LogP contribution in [0.5, 0.6) is 0 Å². The molecule has 0 aliphatic carbocycles. The molecule has 0 spiro atoms. The van der Waals surface area contributed by atoms with Crippen LogP contribution in [0, 0.1) is 12.3 Å². The van der Waals surface area contributed by atoms with E-state index >= 15 is 0 Å². The number of aryl methyl sites for hydroxylation is 1. The minimum atomic E-state index is -0.404. The van der Waals surface area contributed by atoms with Gasteiger partial charge >= 0.3 is 0 Å². The van der Waals surface area contributed by atoms with Crippen LogP contribution in [0.3, 0.4) is 0 Å². The van der Waals surface area contributed by atoms with Crippen LogP contribution in [0.2, 0.25) is 5.02 Å². The maximum absolute atomic E-state index is 12.4. The number of halogens is 1. The maximum atomic E-state index is 12.4. The number of rotatable bonds is 5. The molecule has 1 atom stereocenters. The van der Waals surface area contributed by atoms with Gasteiger partial charge in [-0.25, -0.2) is 0 Å². The highest BCUT2D eigenvalue weighted by Crippen LogP contribution is 2.30. The van der Waals surface area contributed by atoms with Gasteiger partial charge in [-0.1, -0.05) is 37.6 Å². The van der Waals surface area contributed by atoms with Gasteiger partial charge in [-0.05, 0) is 31.7 Å². The lowest BCUT2D eigenvalue weighted by atomic mass is 9.87. The third-order valence-corrected chi connectivity index (χ3v) is 4.00. The molecule has 1 aromatic carbocycles. The van der Waals surface area contributed by atoms with Crippen molar-refractivity contribution in [2.45, 2.75) is 40.2 Å². The Morgan fingerprint density at radius 3 is 2.73 bits per heavy atom. The third kappa shape index (κ3) is 3.62. The van der Waals surface area contributed by atoms with Gasteiger partial charge in [0.2, 0.25) is 0 Å². The molecule has 0 aliphatic heterocycles. The average molecular weight is 324 g/mol. The fraction of sp³-hybridized carbons (Fsp3) is 0.471. The van der Waals surface area contributed by atoms with Gasteiger partial charge in [0.05, 0.1) is 11.1 Å². The second-order valence-electron chi connectivity index (χ2n) is 6.57. The lowest BCUT2D eigenvalue weighted by Gasteiger charge is -2.26. The first kappa shape index (κ1) is 16.8. The highest BCUT2D eigenvalue weighted by Gasteiger charge is 2.24. The van der Waals surface area contributed by atoms with Crippen molar-refractivity contribution in [3.63, 3.8) is 0 Å². The van der Waals surface area contributed by atoms with E-state index in [4.69, 9.17) is 16.0 Å². The molecule has 0 fully saturated rings. The molecular formula is C17H22ClNO3. The van der Waals surface area contributed by atoms with Crippen LogP contribution in [0.15, 0.2) is 22.6 Å². The van der Waals surface area contributed by atoms with Gasteiger partial charge in [0.1, 0.15) is 0 Å². The van der Waals surface area contributed by atoms with E-state index in [1.165, 1.54) is 0 Å². The van der Waals surface area contributed by atoms with Crippen molar-refractivity contribution in [2.75, 3.05) is 6.54 Å². The first-order chi connectivity index (χ1) is 10.2. The molecule has 5 heteroatoms. The lowest BCUT2D eigenvalue weighted by Crippen LogP contribution is -2.35. The molecule has 4 nitrogen and oxygen atoms in total. The van der Waals surface area contributed by atoms with E-state index in [1.807, 2.05) is 32.9 Å². The van der Waals surface area contributed by atoms with Crippen molar-refractivity contribution in [3.8, 4) is 0 Å². The van der Waals surface area contributed by atoms with Gasteiger partial charge in [0.15, 0.2) is 11.3 Å². The number of aliphatic hydroxyl groups excluding tert-OH is 1. The summed E-state index contributed by atoms with van der Waals surface area (Å²) in [4.78, 5) is 12.4. The number of para-hydroxylation sites is 1. The Bertz CT molecular complexity index is 689. The molecule has 0 saturated heterocycles. The second-order valence-corrected chi connectivity index (χ2v) is 6.98. The van der Waals surface area contributed by atoms with Crippen molar-refractivity contribution in [3.05, 3.63) is 34.5 Å². The van der Waals surface area contributed by atoms with Crippen LogP contribution in [0.1, 0.15) is 43.3 Å². The standard InChI is InChI=1S/C17H22ClNO3/c1-10(20)8-17(3,4)9-19-16(21)14-11(2)12-6-5-7-13(18)15(12)22-14/h5-7,10,20H,8-9H2,1-4H3,(H,19,21). The molecule has 120 valence electrons. The Morgan fingerprint density at radius 2 is 2.14 bits per heavy atom. The molecule has 1 amide bonds. The normalized spacial score (nSPS) is 13.4. The molecule has 1 unspecified atom stereocenters. The summed E-state index contributed by atoms with van der Waals surface area (Å²) in [6.45, 7) is 8.05. The molecule has 0 saturated carbocycles. The van der Waals surface area contributed by atoms with Crippen LogP contribution < -0.4 is 5.32 Å². The van der Waals surface area contributed by atoms with Gasteiger partial charge in [-0.15, -0.1) is 0 Å². The van der Waals surface area contributed by atoms with E-state index in [2.05, 4.69) is 5.32 Å². The first-order valence-electron chi connectivity index (χ1n) is 7.35. The van der Waals surface area contributed by atoms with Crippen molar-refractivity contribution in [1.29, 1.82) is 0 Å². The van der Waals surface area contributed by atoms with Crippen LogP contribution in [-0.2, 0) is 0 Å². The zero-order valence-electron chi connectivity index (χ0n) is 13.4. The number of hydrogen-bond donors (Lipinski definition) is 2. The number of carbonyl (C=O) groups excluding carboxylic acids is 1. The molecule has 0 radical (unpaired) electrons. The second kappa shape index (κ2) is 6.31. The smallest absolute Gasteiger partial charge is 0.287 e. The Labute approximate surface area is 135 Å². The SMILES string of the molecule is Cc1c(C(=O)NCC(C)(C)CC(C)O)oc2c(Cl)cccc12. The number of carbonyl (C=O) groups is 1. The van der Waals surface area contributed by atoms with E-state index in [-0.39, 0.29) is 17.1 Å². The number of hydrogen-bond acceptors (Lipinski definition) is 3. The summed E-state index contributed by atoms with van der Waals surface area (Å²) in [7, 11) is 0. The predicted octanol–water partition coefficient (Wildman–Crippen LogP) is 3.92. The monoisotopic (exact) mass is 323 g/mol. The summed E-state index contributed by atoms with van der Waals surface area (Å²) in [6.07, 6.45) is 0.205. The predicted molar refractivity (Wildman–Crippen MR) is 88.4 cm³/mol. The summed E-state index contributed by atoms with van der Waals surface area (Å²) in [5, 5.41) is 13.7. The van der Waals surface area contributed by atoms with Gasteiger partial charge in [-0.3, -0.25) is 4.79 Å². The van der Waals surface area contributed by atoms with E-state index in [9.17, 15) is 9.90 Å². The molecule has 22 heavy (non-hydrogen) atoms. The highest BCUT2D eigenvalue weighted by molar-refractivity contribution is 6.35. The van der Waals surface area contributed by atoms with E-state index in [0.717, 1.165) is 10.9 Å².